The van der Waals surface area contributed by atoms with E-state index in [1.165, 1.54) is 0 Å². The SMILES string of the molecule is c1ccc(Cc2nc(-c3ccc4c(c3)OCO4)no2)cc1. The summed E-state index contributed by atoms with van der Waals surface area (Å²) in [6.45, 7) is 0.254. The fourth-order valence-electron chi connectivity index (χ4n) is 2.25. The van der Waals surface area contributed by atoms with Crippen molar-refractivity contribution in [1.29, 1.82) is 0 Å². The van der Waals surface area contributed by atoms with Crippen LogP contribution in [0.4, 0.5) is 0 Å². The van der Waals surface area contributed by atoms with Crippen molar-refractivity contribution in [2.75, 3.05) is 6.79 Å². The Morgan fingerprint density at radius 1 is 0.952 bits per heavy atom. The Balaban J connectivity index is 1.59. The number of ether oxygens (including phenoxy) is 2. The molecule has 0 bridgehead atoms. The minimum absolute atomic E-state index is 0.254. The first-order chi connectivity index (χ1) is 10.4. The van der Waals surface area contributed by atoms with Crippen molar-refractivity contribution in [3.63, 3.8) is 0 Å². The zero-order chi connectivity index (χ0) is 14.1. The summed E-state index contributed by atoms with van der Waals surface area (Å²) in [6, 6.07) is 15.6. The van der Waals surface area contributed by atoms with Gasteiger partial charge < -0.3 is 14.0 Å². The standard InChI is InChI=1S/C16H12N2O3/c1-2-4-11(5-3-1)8-15-17-16(18-21-15)12-6-7-13-14(9-12)20-10-19-13/h1-7,9H,8,10H2. The van der Waals surface area contributed by atoms with Gasteiger partial charge in [-0.15, -0.1) is 0 Å². The van der Waals surface area contributed by atoms with Crippen LogP contribution in [0.3, 0.4) is 0 Å². The minimum atomic E-state index is 0.254. The summed E-state index contributed by atoms with van der Waals surface area (Å²) in [5.74, 6) is 2.60. The molecule has 1 aliphatic rings. The van der Waals surface area contributed by atoms with Crippen LogP contribution in [-0.4, -0.2) is 16.9 Å². The van der Waals surface area contributed by atoms with Gasteiger partial charge in [0, 0.05) is 5.56 Å². The quantitative estimate of drug-likeness (QED) is 0.738. The fraction of sp³-hybridized carbons (Fsp3) is 0.125. The molecule has 0 atom stereocenters. The lowest BCUT2D eigenvalue weighted by Crippen LogP contribution is -1.92. The lowest BCUT2D eigenvalue weighted by atomic mass is 10.1. The van der Waals surface area contributed by atoms with Crippen LogP contribution in [0.15, 0.2) is 53.1 Å². The van der Waals surface area contributed by atoms with Crippen LogP contribution in [0.5, 0.6) is 11.5 Å². The number of hydrogen-bond donors (Lipinski definition) is 0. The summed E-state index contributed by atoms with van der Waals surface area (Å²) in [7, 11) is 0. The largest absolute Gasteiger partial charge is 0.454 e. The molecule has 0 N–H and O–H groups in total. The second kappa shape index (κ2) is 4.94. The highest BCUT2D eigenvalue weighted by Gasteiger charge is 2.16. The van der Waals surface area contributed by atoms with Gasteiger partial charge in [-0.3, -0.25) is 0 Å². The van der Waals surface area contributed by atoms with Gasteiger partial charge in [-0.2, -0.15) is 4.98 Å². The molecule has 21 heavy (non-hydrogen) atoms. The summed E-state index contributed by atoms with van der Waals surface area (Å²) >= 11 is 0. The number of rotatable bonds is 3. The maximum atomic E-state index is 5.35. The zero-order valence-corrected chi connectivity index (χ0v) is 11.2. The van der Waals surface area contributed by atoms with E-state index in [9.17, 15) is 0 Å². The van der Waals surface area contributed by atoms with Gasteiger partial charge in [0.1, 0.15) is 0 Å². The second-order valence-corrected chi connectivity index (χ2v) is 4.74. The Morgan fingerprint density at radius 3 is 2.71 bits per heavy atom. The molecule has 5 nitrogen and oxygen atoms in total. The Bertz CT molecular complexity index is 768. The van der Waals surface area contributed by atoms with Crippen LogP contribution in [0.1, 0.15) is 11.5 Å². The van der Waals surface area contributed by atoms with Crippen LogP contribution in [0.25, 0.3) is 11.4 Å². The molecule has 1 aliphatic heterocycles. The Kier molecular flexibility index (Phi) is 2.81. The predicted molar refractivity (Wildman–Crippen MR) is 75.1 cm³/mol. The molecule has 0 fully saturated rings. The summed E-state index contributed by atoms with van der Waals surface area (Å²) in [4.78, 5) is 4.43. The van der Waals surface area contributed by atoms with E-state index in [2.05, 4.69) is 10.1 Å². The maximum Gasteiger partial charge on any atom is 0.231 e. The highest BCUT2D eigenvalue weighted by Crippen LogP contribution is 2.35. The lowest BCUT2D eigenvalue weighted by Gasteiger charge is -1.97. The Hall–Kier alpha value is -2.82. The van der Waals surface area contributed by atoms with Gasteiger partial charge in [-0.05, 0) is 23.8 Å². The molecule has 0 saturated carbocycles. The maximum absolute atomic E-state index is 5.35. The molecular weight excluding hydrogens is 268 g/mol. The molecule has 2 aromatic carbocycles. The minimum Gasteiger partial charge on any atom is -0.454 e. The third-order valence-electron chi connectivity index (χ3n) is 3.30. The van der Waals surface area contributed by atoms with Crippen LogP contribution >= 0.6 is 0 Å². The molecule has 0 amide bonds. The van der Waals surface area contributed by atoms with E-state index in [4.69, 9.17) is 14.0 Å². The molecule has 1 aromatic heterocycles. The fourth-order valence-corrected chi connectivity index (χ4v) is 2.25. The zero-order valence-electron chi connectivity index (χ0n) is 11.2. The molecule has 4 rings (SSSR count). The van der Waals surface area contributed by atoms with Gasteiger partial charge >= 0.3 is 0 Å². The Labute approximate surface area is 121 Å². The molecule has 0 unspecified atom stereocenters. The number of fused-ring (bicyclic) bond motifs is 1. The molecule has 3 aromatic rings. The molecule has 0 aliphatic carbocycles. The highest BCUT2D eigenvalue weighted by molar-refractivity contribution is 5.61. The van der Waals surface area contributed by atoms with E-state index in [0.717, 1.165) is 16.9 Å². The van der Waals surface area contributed by atoms with E-state index >= 15 is 0 Å². The predicted octanol–water partition coefficient (Wildman–Crippen LogP) is 3.06. The summed E-state index contributed by atoms with van der Waals surface area (Å²) in [6.07, 6.45) is 0.623. The molecule has 2 heterocycles. The molecule has 0 radical (unpaired) electrons. The van der Waals surface area contributed by atoms with E-state index in [1.54, 1.807) is 0 Å². The van der Waals surface area contributed by atoms with E-state index < -0.39 is 0 Å². The molecular formula is C16H12N2O3. The summed E-state index contributed by atoms with van der Waals surface area (Å²) < 4.78 is 16.0. The average molecular weight is 280 g/mol. The second-order valence-electron chi connectivity index (χ2n) is 4.74. The van der Waals surface area contributed by atoms with E-state index in [0.29, 0.717) is 23.9 Å². The lowest BCUT2D eigenvalue weighted by molar-refractivity contribution is 0.174. The van der Waals surface area contributed by atoms with Crippen molar-refractivity contribution in [3.05, 3.63) is 60.0 Å². The molecule has 5 heteroatoms. The topological polar surface area (TPSA) is 57.4 Å². The summed E-state index contributed by atoms with van der Waals surface area (Å²) in [5.41, 5.74) is 1.99. The number of benzene rings is 2. The van der Waals surface area contributed by atoms with Crippen molar-refractivity contribution < 1.29 is 14.0 Å². The normalized spacial score (nSPS) is 12.6. The van der Waals surface area contributed by atoms with Gasteiger partial charge in [0.2, 0.25) is 18.5 Å². The van der Waals surface area contributed by atoms with E-state index in [-0.39, 0.29) is 6.79 Å². The highest BCUT2D eigenvalue weighted by atomic mass is 16.7. The first kappa shape index (κ1) is 12.0. The van der Waals surface area contributed by atoms with Gasteiger partial charge in [-0.1, -0.05) is 35.5 Å². The van der Waals surface area contributed by atoms with Crippen molar-refractivity contribution in [2.45, 2.75) is 6.42 Å². The average Bonchev–Trinajstić information content (AvgIpc) is 3.16. The van der Waals surface area contributed by atoms with Crippen LogP contribution in [0.2, 0.25) is 0 Å². The van der Waals surface area contributed by atoms with Crippen molar-refractivity contribution in [2.24, 2.45) is 0 Å². The van der Waals surface area contributed by atoms with Gasteiger partial charge in [-0.25, -0.2) is 0 Å². The van der Waals surface area contributed by atoms with Gasteiger partial charge in [0.05, 0.1) is 6.42 Å². The van der Waals surface area contributed by atoms with Crippen molar-refractivity contribution in [3.8, 4) is 22.9 Å². The first-order valence-electron chi connectivity index (χ1n) is 6.65. The Morgan fingerprint density at radius 2 is 1.81 bits per heavy atom. The molecule has 104 valence electrons. The monoisotopic (exact) mass is 280 g/mol. The smallest absolute Gasteiger partial charge is 0.231 e. The van der Waals surface area contributed by atoms with Crippen molar-refractivity contribution >= 4 is 0 Å². The summed E-state index contributed by atoms with van der Waals surface area (Å²) in [5, 5.41) is 4.03. The first-order valence-corrected chi connectivity index (χ1v) is 6.65. The van der Waals surface area contributed by atoms with Crippen LogP contribution in [0, 0.1) is 0 Å². The third-order valence-corrected chi connectivity index (χ3v) is 3.30. The number of hydrogen-bond acceptors (Lipinski definition) is 5. The van der Waals surface area contributed by atoms with Gasteiger partial charge in [0.25, 0.3) is 0 Å². The third kappa shape index (κ3) is 2.33. The van der Waals surface area contributed by atoms with Crippen LogP contribution in [-0.2, 0) is 6.42 Å². The van der Waals surface area contributed by atoms with Gasteiger partial charge in [0.15, 0.2) is 11.5 Å². The number of nitrogens with zero attached hydrogens (tertiary/aromatic N) is 2. The number of aromatic nitrogens is 2. The van der Waals surface area contributed by atoms with Crippen molar-refractivity contribution in [1.82, 2.24) is 10.1 Å². The molecule has 0 saturated heterocycles. The molecule has 0 spiro atoms. The van der Waals surface area contributed by atoms with E-state index in [1.807, 2.05) is 48.5 Å². The van der Waals surface area contributed by atoms with Crippen LogP contribution < -0.4 is 9.47 Å².